The summed E-state index contributed by atoms with van der Waals surface area (Å²) in [6.45, 7) is 11.4. The number of rotatable bonds is 8. The van der Waals surface area contributed by atoms with Crippen molar-refractivity contribution in [2.75, 3.05) is 19.6 Å². The summed E-state index contributed by atoms with van der Waals surface area (Å²) >= 11 is 0. The highest BCUT2D eigenvalue weighted by atomic mass is 16.5. The number of hydrogen-bond donors (Lipinski definition) is 0. The molecule has 1 aliphatic rings. The highest BCUT2D eigenvalue weighted by molar-refractivity contribution is 5.73. The molecular weight excluding hydrogens is 368 g/mol. The standard InChI is InChI=1S/C21H34N6O2/c1-15(2)11-21-22-20(24-29-21)8-10-27(17(4)28)19-7-6-9-26(14-19)13-18-12-25(5)23-16(18)3/h12,15,19H,6-11,13-14H2,1-5H3. The van der Waals surface area contributed by atoms with E-state index in [4.69, 9.17) is 4.52 Å². The van der Waals surface area contributed by atoms with Crippen molar-refractivity contribution in [3.05, 3.63) is 29.2 Å². The van der Waals surface area contributed by atoms with E-state index in [1.54, 1.807) is 6.92 Å². The summed E-state index contributed by atoms with van der Waals surface area (Å²) < 4.78 is 7.20. The van der Waals surface area contributed by atoms with Gasteiger partial charge in [-0.3, -0.25) is 14.4 Å². The van der Waals surface area contributed by atoms with Crippen molar-refractivity contribution in [2.45, 2.75) is 66.0 Å². The predicted molar refractivity (Wildman–Crippen MR) is 110 cm³/mol. The van der Waals surface area contributed by atoms with E-state index in [-0.39, 0.29) is 11.9 Å². The molecule has 0 saturated carbocycles. The lowest BCUT2D eigenvalue weighted by molar-refractivity contribution is -0.132. The molecule has 1 atom stereocenters. The van der Waals surface area contributed by atoms with Gasteiger partial charge in [0.25, 0.3) is 0 Å². The maximum absolute atomic E-state index is 12.4. The molecule has 0 spiro atoms. The fourth-order valence-corrected chi connectivity index (χ4v) is 4.12. The molecule has 2 aromatic rings. The van der Waals surface area contributed by atoms with Crippen molar-refractivity contribution in [3.63, 3.8) is 0 Å². The number of carbonyl (C=O) groups excluding carboxylic acids is 1. The van der Waals surface area contributed by atoms with Gasteiger partial charge in [0.1, 0.15) is 0 Å². The lowest BCUT2D eigenvalue weighted by atomic mass is 10.0. The number of carbonyl (C=O) groups is 1. The second kappa shape index (κ2) is 9.52. The summed E-state index contributed by atoms with van der Waals surface area (Å²) in [5, 5.41) is 8.53. The molecule has 1 saturated heterocycles. The lowest BCUT2D eigenvalue weighted by Crippen LogP contribution is -2.50. The van der Waals surface area contributed by atoms with Crippen molar-refractivity contribution < 1.29 is 9.32 Å². The third-order valence-corrected chi connectivity index (χ3v) is 5.50. The summed E-state index contributed by atoms with van der Waals surface area (Å²) in [6.07, 6.45) is 5.63. The summed E-state index contributed by atoms with van der Waals surface area (Å²) in [4.78, 5) is 21.3. The molecule has 0 aliphatic carbocycles. The molecule has 1 unspecified atom stereocenters. The zero-order chi connectivity index (χ0) is 21.0. The number of amides is 1. The SMILES string of the molecule is CC(=O)N(CCc1noc(CC(C)C)n1)C1CCCN(Cc2cn(C)nc2C)C1. The van der Waals surface area contributed by atoms with E-state index in [1.165, 1.54) is 5.56 Å². The van der Waals surface area contributed by atoms with Gasteiger partial charge >= 0.3 is 0 Å². The van der Waals surface area contributed by atoms with Crippen LogP contribution in [0.5, 0.6) is 0 Å². The van der Waals surface area contributed by atoms with Gasteiger partial charge < -0.3 is 9.42 Å². The van der Waals surface area contributed by atoms with Crippen molar-refractivity contribution >= 4 is 5.91 Å². The second-order valence-electron chi connectivity index (χ2n) is 8.61. The number of hydrogen-bond acceptors (Lipinski definition) is 6. The minimum Gasteiger partial charge on any atom is -0.339 e. The van der Waals surface area contributed by atoms with Gasteiger partial charge in [0.05, 0.1) is 5.69 Å². The monoisotopic (exact) mass is 402 g/mol. The topological polar surface area (TPSA) is 80.3 Å². The lowest BCUT2D eigenvalue weighted by Gasteiger charge is -2.39. The largest absolute Gasteiger partial charge is 0.339 e. The molecular formula is C21H34N6O2. The van der Waals surface area contributed by atoms with Gasteiger partial charge in [-0.05, 0) is 32.2 Å². The highest BCUT2D eigenvalue weighted by Gasteiger charge is 2.27. The van der Waals surface area contributed by atoms with E-state index in [0.717, 1.165) is 44.6 Å². The van der Waals surface area contributed by atoms with Crippen LogP contribution >= 0.6 is 0 Å². The van der Waals surface area contributed by atoms with Crippen molar-refractivity contribution in [1.29, 1.82) is 0 Å². The molecule has 1 fully saturated rings. The zero-order valence-corrected chi connectivity index (χ0v) is 18.4. The van der Waals surface area contributed by atoms with Crippen LogP contribution < -0.4 is 0 Å². The number of likely N-dealkylation sites (tertiary alicyclic amines) is 1. The van der Waals surface area contributed by atoms with Gasteiger partial charge in [-0.15, -0.1) is 0 Å². The van der Waals surface area contributed by atoms with Gasteiger partial charge in [0.2, 0.25) is 11.8 Å². The van der Waals surface area contributed by atoms with Crippen LogP contribution in [0.25, 0.3) is 0 Å². The minimum absolute atomic E-state index is 0.111. The quantitative estimate of drug-likeness (QED) is 0.674. The molecule has 8 heteroatoms. The van der Waals surface area contributed by atoms with Crippen LogP contribution in [0, 0.1) is 12.8 Å². The van der Waals surface area contributed by atoms with E-state index in [0.29, 0.717) is 30.6 Å². The summed E-state index contributed by atoms with van der Waals surface area (Å²) in [7, 11) is 1.96. The Morgan fingerprint density at radius 1 is 1.41 bits per heavy atom. The van der Waals surface area contributed by atoms with Crippen molar-refractivity contribution in [1.82, 2.24) is 29.7 Å². The third-order valence-electron chi connectivity index (χ3n) is 5.50. The highest BCUT2D eigenvalue weighted by Crippen LogP contribution is 2.20. The molecule has 2 aromatic heterocycles. The van der Waals surface area contributed by atoms with Crippen LogP contribution in [0.15, 0.2) is 10.7 Å². The first kappa shape index (κ1) is 21.5. The molecule has 8 nitrogen and oxygen atoms in total. The van der Waals surface area contributed by atoms with Crippen LogP contribution in [0.4, 0.5) is 0 Å². The van der Waals surface area contributed by atoms with E-state index in [2.05, 4.69) is 47.1 Å². The molecule has 1 amide bonds. The molecule has 0 N–H and O–H groups in total. The Morgan fingerprint density at radius 2 is 2.21 bits per heavy atom. The molecule has 3 rings (SSSR count). The Labute approximate surface area is 173 Å². The molecule has 3 heterocycles. The number of nitrogens with zero attached hydrogens (tertiary/aromatic N) is 6. The number of aromatic nitrogens is 4. The second-order valence-corrected chi connectivity index (χ2v) is 8.61. The van der Waals surface area contributed by atoms with Crippen molar-refractivity contribution in [3.8, 4) is 0 Å². The first-order valence-corrected chi connectivity index (χ1v) is 10.6. The Morgan fingerprint density at radius 3 is 2.86 bits per heavy atom. The maximum Gasteiger partial charge on any atom is 0.226 e. The molecule has 0 radical (unpaired) electrons. The Bertz CT molecular complexity index is 812. The van der Waals surface area contributed by atoms with Crippen molar-refractivity contribution in [2.24, 2.45) is 13.0 Å². The maximum atomic E-state index is 12.4. The molecule has 1 aliphatic heterocycles. The molecule has 0 bridgehead atoms. The Hall–Kier alpha value is -2.22. The molecule has 29 heavy (non-hydrogen) atoms. The average molecular weight is 403 g/mol. The van der Waals surface area contributed by atoms with Gasteiger partial charge in [0.15, 0.2) is 5.82 Å². The van der Waals surface area contributed by atoms with Crippen LogP contribution in [-0.4, -0.2) is 61.3 Å². The number of piperidine rings is 1. The molecule has 160 valence electrons. The Balaban J connectivity index is 1.58. The van der Waals surface area contributed by atoms with Gasteiger partial charge in [-0.25, -0.2) is 0 Å². The van der Waals surface area contributed by atoms with Crippen LogP contribution in [0.1, 0.15) is 56.6 Å². The third kappa shape index (κ3) is 5.88. The van der Waals surface area contributed by atoms with E-state index < -0.39 is 0 Å². The van der Waals surface area contributed by atoms with Gasteiger partial charge in [0, 0.05) is 64.2 Å². The van der Waals surface area contributed by atoms with Gasteiger partial charge in [-0.2, -0.15) is 10.1 Å². The fourth-order valence-electron chi connectivity index (χ4n) is 4.12. The van der Waals surface area contributed by atoms with E-state index in [1.807, 2.05) is 16.6 Å². The summed E-state index contributed by atoms with van der Waals surface area (Å²) in [5.74, 6) is 1.96. The van der Waals surface area contributed by atoms with E-state index in [9.17, 15) is 4.79 Å². The summed E-state index contributed by atoms with van der Waals surface area (Å²) in [6, 6.07) is 0.222. The molecule has 0 aromatic carbocycles. The zero-order valence-electron chi connectivity index (χ0n) is 18.4. The van der Waals surface area contributed by atoms with Crippen LogP contribution in [-0.2, 0) is 31.2 Å². The first-order valence-electron chi connectivity index (χ1n) is 10.6. The number of aryl methyl sites for hydroxylation is 2. The van der Waals surface area contributed by atoms with E-state index >= 15 is 0 Å². The smallest absolute Gasteiger partial charge is 0.226 e. The minimum atomic E-state index is 0.111. The van der Waals surface area contributed by atoms with Crippen LogP contribution in [0.2, 0.25) is 0 Å². The average Bonchev–Trinajstić information content (AvgIpc) is 3.20. The van der Waals surface area contributed by atoms with Gasteiger partial charge in [-0.1, -0.05) is 19.0 Å². The fraction of sp³-hybridized carbons (Fsp3) is 0.714. The normalized spacial score (nSPS) is 17.8. The summed E-state index contributed by atoms with van der Waals surface area (Å²) in [5.41, 5.74) is 2.33. The van der Waals surface area contributed by atoms with Crippen LogP contribution in [0.3, 0.4) is 0 Å². The Kier molecular flexibility index (Phi) is 7.05. The predicted octanol–water partition coefficient (Wildman–Crippen LogP) is 2.37. The first-order chi connectivity index (χ1) is 13.8.